The van der Waals surface area contributed by atoms with Gasteiger partial charge in [-0.3, -0.25) is 4.79 Å². The number of hydrogen-bond acceptors (Lipinski definition) is 3. The quantitative estimate of drug-likeness (QED) is 0.910. The van der Waals surface area contributed by atoms with Gasteiger partial charge in [0.25, 0.3) is 5.91 Å². The monoisotopic (exact) mass is 295 g/mol. The number of carbonyl (C=O) groups excluding carboxylic acids is 1. The minimum atomic E-state index is -0.000185. The van der Waals surface area contributed by atoms with Gasteiger partial charge in [0.2, 0.25) is 0 Å². The number of nitrogens with zero attached hydrogens (tertiary/aromatic N) is 2. The van der Waals surface area contributed by atoms with Gasteiger partial charge in [-0.1, -0.05) is 25.4 Å². The number of anilines is 1. The van der Waals surface area contributed by atoms with Crippen molar-refractivity contribution >= 4 is 23.3 Å². The summed E-state index contributed by atoms with van der Waals surface area (Å²) in [6.07, 6.45) is 2.69. The van der Waals surface area contributed by atoms with Crippen molar-refractivity contribution in [2.24, 2.45) is 11.8 Å². The molecule has 1 aliphatic heterocycles. The van der Waals surface area contributed by atoms with Gasteiger partial charge < -0.3 is 10.2 Å². The van der Waals surface area contributed by atoms with Crippen LogP contribution >= 0.6 is 11.6 Å². The van der Waals surface area contributed by atoms with Gasteiger partial charge in [-0.2, -0.15) is 0 Å². The molecule has 1 saturated heterocycles. The van der Waals surface area contributed by atoms with E-state index in [1.165, 1.54) is 6.20 Å². The minimum Gasteiger partial charge on any atom is -0.373 e. The predicted molar refractivity (Wildman–Crippen MR) is 82.2 cm³/mol. The van der Waals surface area contributed by atoms with E-state index >= 15 is 0 Å². The van der Waals surface area contributed by atoms with Gasteiger partial charge >= 0.3 is 0 Å². The average Bonchev–Trinajstić information content (AvgIpc) is 2.42. The van der Waals surface area contributed by atoms with Crippen LogP contribution in [0.5, 0.6) is 0 Å². The Morgan fingerprint density at radius 1 is 1.45 bits per heavy atom. The van der Waals surface area contributed by atoms with Crippen molar-refractivity contribution in [1.82, 2.24) is 9.88 Å². The highest BCUT2D eigenvalue weighted by Crippen LogP contribution is 2.29. The maximum absolute atomic E-state index is 12.8. The second kappa shape index (κ2) is 6.00. The van der Waals surface area contributed by atoms with Gasteiger partial charge in [0.1, 0.15) is 5.82 Å². The Hall–Kier alpha value is -1.29. The molecule has 0 bridgehead atoms. The fraction of sp³-hybridized carbons (Fsp3) is 0.600. The lowest BCUT2D eigenvalue weighted by Crippen LogP contribution is -2.48. The molecule has 0 aromatic carbocycles. The van der Waals surface area contributed by atoms with E-state index in [0.717, 1.165) is 13.0 Å². The third kappa shape index (κ3) is 2.90. The second-order valence-corrected chi connectivity index (χ2v) is 6.22. The van der Waals surface area contributed by atoms with Gasteiger partial charge in [-0.15, -0.1) is 0 Å². The molecule has 1 N–H and O–H groups in total. The van der Waals surface area contributed by atoms with Crippen LogP contribution in [0.4, 0.5) is 5.82 Å². The van der Waals surface area contributed by atoms with Crippen molar-refractivity contribution in [2.45, 2.75) is 33.2 Å². The molecule has 3 atom stereocenters. The van der Waals surface area contributed by atoms with Gasteiger partial charge in [0.15, 0.2) is 0 Å². The largest absolute Gasteiger partial charge is 0.373 e. The summed E-state index contributed by atoms with van der Waals surface area (Å²) >= 11 is 6.15. The van der Waals surface area contributed by atoms with E-state index in [9.17, 15) is 4.79 Å². The zero-order valence-electron chi connectivity index (χ0n) is 12.5. The molecule has 4 nitrogen and oxygen atoms in total. The molecule has 1 aromatic rings. The normalized spacial score (nSPS) is 26.4. The fourth-order valence-electron chi connectivity index (χ4n) is 2.88. The first-order valence-electron chi connectivity index (χ1n) is 7.08. The number of rotatable bonds is 2. The van der Waals surface area contributed by atoms with E-state index in [1.54, 1.807) is 13.1 Å². The molecule has 1 fully saturated rings. The van der Waals surface area contributed by atoms with Crippen LogP contribution in [0.25, 0.3) is 0 Å². The van der Waals surface area contributed by atoms with Crippen LogP contribution in [0.1, 0.15) is 37.6 Å². The van der Waals surface area contributed by atoms with Crippen LogP contribution in [-0.4, -0.2) is 35.4 Å². The Labute approximate surface area is 125 Å². The van der Waals surface area contributed by atoms with E-state index in [-0.39, 0.29) is 11.9 Å². The lowest BCUT2D eigenvalue weighted by Gasteiger charge is -2.41. The molecule has 1 aromatic heterocycles. The fourth-order valence-corrected chi connectivity index (χ4v) is 3.06. The zero-order valence-corrected chi connectivity index (χ0v) is 13.2. The van der Waals surface area contributed by atoms with E-state index in [0.29, 0.717) is 28.2 Å². The maximum Gasteiger partial charge on any atom is 0.255 e. The van der Waals surface area contributed by atoms with Gasteiger partial charge in [0, 0.05) is 25.8 Å². The molecule has 1 amide bonds. The molecule has 2 rings (SSSR count). The Morgan fingerprint density at radius 2 is 2.15 bits per heavy atom. The number of amides is 1. The van der Waals surface area contributed by atoms with Crippen molar-refractivity contribution in [2.75, 3.05) is 18.9 Å². The number of likely N-dealkylation sites (tertiary alicyclic amines) is 1. The van der Waals surface area contributed by atoms with Gasteiger partial charge in [0.05, 0.1) is 10.6 Å². The summed E-state index contributed by atoms with van der Waals surface area (Å²) in [6, 6.07) is 1.96. The van der Waals surface area contributed by atoms with Gasteiger partial charge in [-0.25, -0.2) is 4.98 Å². The first kappa shape index (κ1) is 15.1. The average molecular weight is 296 g/mol. The van der Waals surface area contributed by atoms with Crippen molar-refractivity contribution in [1.29, 1.82) is 0 Å². The number of pyridine rings is 1. The SMILES string of the molecule is CNc1cc(C(=O)N2CC(C)CC(C)C2C)c(Cl)cn1. The van der Waals surface area contributed by atoms with Crippen molar-refractivity contribution < 1.29 is 4.79 Å². The lowest BCUT2D eigenvalue weighted by atomic mass is 9.85. The summed E-state index contributed by atoms with van der Waals surface area (Å²) in [7, 11) is 1.78. The number of nitrogens with one attached hydrogen (secondary N) is 1. The highest BCUT2D eigenvalue weighted by atomic mass is 35.5. The summed E-state index contributed by atoms with van der Waals surface area (Å²) in [4.78, 5) is 18.8. The van der Waals surface area contributed by atoms with Crippen molar-refractivity contribution in [3.8, 4) is 0 Å². The molecule has 5 heteroatoms. The molecular formula is C15H22ClN3O. The second-order valence-electron chi connectivity index (χ2n) is 5.82. The molecule has 3 unspecified atom stereocenters. The predicted octanol–water partition coefficient (Wildman–Crippen LogP) is 3.28. The van der Waals surface area contributed by atoms with E-state index in [4.69, 9.17) is 11.6 Å². The summed E-state index contributed by atoms with van der Waals surface area (Å²) < 4.78 is 0. The summed E-state index contributed by atoms with van der Waals surface area (Å²) in [5.41, 5.74) is 0.527. The Balaban J connectivity index is 2.30. The number of halogens is 1. The number of carbonyl (C=O) groups is 1. The first-order chi connectivity index (χ1) is 9.43. The third-order valence-electron chi connectivity index (χ3n) is 4.20. The molecule has 0 saturated carbocycles. The smallest absolute Gasteiger partial charge is 0.255 e. The summed E-state index contributed by atoms with van der Waals surface area (Å²) in [6.45, 7) is 7.30. The molecule has 0 radical (unpaired) electrons. The molecule has 1 aliphatic rings. The van der Waals surface area contributed by atoms with Crippen LogP contribution in [0.15, 0.2) is 12.3 Å². The Morgan fingerprint density at radius 3 is 2.80 bits per heavy atom. The number of aromatic nitrogens is 1. The van der Waals surface area contributed by atoms with Crippen LogP contribution in [0.3, 0.4) is 0 Å². The molecular weight excluding hydrogens is 274 g/mol. The van der Waals surface area contributed by atoms with Gasteiger partial charge in [-0.05, 0) is 31.2 Å². The maximum atomic E-state index is 12.8. The molecule has 0 spiro atoms. The van der Waals surface area contributed by atoms with E-state index < -0.39 is 0 Å². The van der Waals surface area contributed by atoms with E-state index in [1.807, 2.05) is 4.90 Å². The number of piperidine rings is 1. The van der Waals surface area contributed by atoms with Crippen LogP contribution in [0.2, 0.25) is 5.02 Å². The lowest BCUT2D eigenvalue weighted by molar-refractivity contribution is 0.0456. The van der Waals surface area contributed by atoms with Crippen LogP contribution in [0, 0.1) is 11.8 Å². The highest BCUT2D eigenvalue weighted by Gasteiger charge is 2.33. The summed E-state index contributed by atoms with van der Waals surface area (Å²) in [5.74, 6) is 1.69. The highest BCUT2D eigenvalue weighted by molar-refractivity contribution is 6.33. The van der Waals surface area contributed by atoms with Crippen LogP contribution in [-0.2, 0) is 0 Å². The summed E-state index contributed by atoms with van der Waals surface area (Å²) in [5, 5.41) is 3.35. The standard InChI is InChI=1S/C15H22ClN3O/c1-9-5-10(2)11(3)19(8-9)15(20)12-6-14(17-4)18-7-13(12)16/h6-7,9-11H,5,8H2,1-4H3,(H,17,18). The third-order valence-corrected chi connectivity index (χ3v) is 4.50. The Bertz CT molecular complexity index is 506. The van der Waals surface area contributed by atoms with Crippen LogP contribution < -0.4 is 5.32 Å². The van der Waals surface area contributed by atoms with Crippen molar-refractivity contribution in [3.63, 3.8) is 0 Å². The minimum absolute atomic E-state index is 0.000185. The molecule has 0 aliphatic carbocycles. The first-order valence-corrected chi connectivity index (χ1v) is 7.46. The topological polar surface area (TPSA) is 45.2 Å². The van der Waals surface area contributed by atoms with Crippen molar-refractivity contribution in [3.05, 3.63) is 22.8 Å². The van der Waals surface area contributed by atoms with E-state index in [2.05, 4.69) is 31.1 Å². The Kier molecular flexibility index (Phi) is 4.53. The number of hydrogen-bond donors (Lipinski definition) is 1. The molecule has 2 heterocycles. The zero-order chi connectivity index (χ0) is 14.9. The molecule has 20 heavy (non-hydrogen) atoms. The molecule has 110 valence electrons.